The predicted octanol–water partition coefficient (Wildman–Crippen LogP) is 4.12. The van der Waals surface area contributed by atoms with Gasteiger partial charge in [-0.2, -0.15) is 0 Å². The van der Waals surface area contributed by atoms with Crippen LogP contribution in [0.1, 0.15) is 35.2 Å². The van der Waals surface area contributed by atoms with Crippen LogP contribution in [0.3, 0.4) is 0 Å². The fraction of sp³-hybridized carbons (Fsp3) is 0.429. The van der Waals surface area contributed by atoms with Gasteiger partial charge >= 0.3 is 0 Å². The van der Waals surface area contributed by atoms with Crippen LogP contribution in [0.5, 0.6) is 0 Å². The third kappa shape index (κ3) is 3.33. The molecule has 1 N–H and O–H groups in total. The first-order valence-corrected chi connectivity index (χ1v) is 10.2. The molecule has 1 aromatic carbocycles. The topological polar surface area (TPSA) is 49.2 Å². The van der Waals surface area contributed by atoms with Crippen LogP contribution in [0.2, 0.25) is 0 Å². The van der Waals surface area contributed by atoms with Gasteiger partial charge in [0, 0.05) is 18.0 Å². The Morgan fingerprint density at radius 1 is 1.23 bits per heavy atom. The Bertz CT molecular complexity index is 907. The number of aliphatic hydroxyl groups excluding tert-OH is 1. The maximum Gasteiger partial charge on any atom is 0.141 e. The van der Waals surface area contributed by atoms with Crippen molar-refractivity contribution in [2.45, 2.75) is 39.7 Å². The molecule has 0 saturated carbocycles. The number of rotatable bonds is 5. The second-order valence-electron chi connectivity index (χ2n) is 7.26. The van der Waals surface area contributed by atoms with E-state index in [9.17, 15) is 5.11 Å². The third-order valence-electron chi connectivity index (χ3n) is 5.13. The van der Waals surface area contributed by atoms with Crippen molar-refractivity contribution < 1.29 is 5.11 Å². The molecule has 3 aromatic rings. The van der Waals surface area contributed by atoms with Gasteiger partial charge in [-0.1, -0.05) is 37.3 Å². The summed E-state index contributed by atoms with van der Waals surface area (Å²) in [5.41, 5.74) is 2.66. The SMILES string of the molecule is Cc1nc(N(CCO)Cc2ccccc2)c2c3c(sc2n1)CC(C)CC3. The van der Waals surface area contributed by atoms with E-state index in [2.05, 4.69) is 36.1 Å². The van der Waals surface area contributed by atoms with E-state index in [0.29, 0.717) is 6.54 Å². The molecular formula is C21H25N3OS. The molecule has 0 spiro atoms. The summed E-state index contributed by atoms with van der Waals surface area (Å²) in [6.45, 7) is 5.72. The van der Waals surface area contributed by atoms with Crippen molar-refractivity contribution in [2.75, 3.05) is 18.1 Å². The lowest BCUT2D eigenvalue weighted by Crippen LogP contribution is -2.27. The number of hydrogen-bond acceptors (Lipinski definition) is 5. The summed E-state index contributed by atoms with van der Waals surface area (Å²) in [5.74, 6) is 2.53. The highest BCUT2D eigenvalue weighted by molar-refractivity contribution is 7.19. The minimum Gasteiger partial charge on any atom is -0.395 e. The number of benzene rings is 1. The van der Waals surface area contributed by atoms with E-state index in [4.69, 9.17) is 9.97 Å². The zero-order chi connectivity index (χ0) is 18.1. The van der Waals surface area contributed by atoms with Crippen molar-refractivity contribution in [1.82, 2.24) is 9.97 Å². The fourth-order valence-corrected chi connectivity index (χ4v) is 5.26. The number of hydrogen-bond donors (Lipinski definition) is 1. The van der Waals surface area contributed by atoms with Gasteiger partial charge < -0.3 is 10.0 Å². The highest BCUT2D eigenvalue weighted by Gasteiger charge is 2.25. The Morgan fingerprint density at radius 3 is 2.81 bits per heavy atom. The quantitative estimate of drug-likeness (QED) is 0.737. The van der Waals surface area contributed by atoms with Crippen LogP contribution in [0.25, 0.3) is 10.2 Å². The second-order valence-corrected chi connectivity index (χ2v) is 8.34. The van der Waals surface area contributed by atoms with Gasteiger partial charge in [0.1, 0.15) is 16.5 Å². The second kappa shape index (κ2) is 7.33. The highest BCUT2D eigenvalue weighted by atomic mass is 32.1. The largest absolute Gasteiger partial charge is 0.395 e. The standard InChI is InChI=1S/C21H25N3OS/c1-14-8-9-17-18(12-14)26-21-19(17)20(22-15(2)23-21)24(10-11-25)13-16-6-4-3-5-7-16/h3-7,14,25H,8-13H2,1-2H3. The van der Waals surface area contributed by atoms with E-state index in [1.165, 1.54) is 27.8 Å². The lowest BCUT2D eigenvalue weighted by atomic mass is 9.89. The zero-order valence-corrected chi connectivity index (χ0v) is 16.2. The lowest BCUT2D eigenvalue weighted by Gasteiger charge is -2.25. The summed E-state index contributed by atoms with van der Waals surface area (Å²) >= 11 is 1.83. The van der Waals surface area contributed by atoms with Gasteiger partial charge in [0.15, 0.2) is 0 Å². The summed E-state index contributed by atoms with van der Waals surface area (Å²) in [7, 11) is 0. The summed E-state index contributed by atoms with van der Waals surface area (Å²) in [5, 5.41) is 10.9. The van der Waals surface area contributed by atoms with E-state index < -0.39 is 0 Å². The number of nitrogens with zero attached hydrogens (tertiary/aromatic N) is 3. The van der Waals surface area contributed by atoms with Crippen LogP contribution in [0, 0.1) is 12.8 Å². The Balaban J connectivity index is 1.82. The number of thiophene rings is 1. The molecule has 0 radical (unpaired) electrons. The van der Waals surface area contributed by atoms with Crippen molar-refractivity contribution in [3.63, 3.8) is 0 Å². The summed E-state index contributed by atoms with van der Waals surface area (Å²) in [6.07, 6.45) is 3.48. The summed E-state index contributed by atoms with van der Waals surface area (Å²) < 4.78 is 0. The zero-order valence-electron chi connectivity index (χ0n) is 15.4. The van der Waals surface area contributed by atoms with Gasteiger partial charge in [-0.05, 0) is 43.2 Å². The van der Waals surface area contributed by atoms with E-state index in [1.807, 2.05) is 24.3 Å². The van der Waals surface area contributed by atoms with Crippen molar-refractivity contribution in [3.05, 3.63) is 52.2 Å². The van der Waals surface area contributed by atoms with Crippen LogP contribution < -0.4 is 4.90 Å². The van der Waals surface area contributed by atoms with Crippen LogP contribution >= 0.6 is 11.3 Å². The molecule has 4 rings (SSSR count). The predicted molar refractivity (Wildman–Crippen MR) is 108 cm³/mol. The molecule has 2 heterocycles. The Hall–Kier alpha value is -1.98. The highest BCUT2D eigenvalue weighted by Crippen LogP contribution is 2.41. The van der Waals surface area contributed by atoms with Gasteiger partial charge in [0.05, 0.1) is 12.0 Å². The molecule has 1 unspecified atom stereocenters. The maximum absolute atomic E-state index is 9.66. The Kier molecular flexibility index (Phi) is 4.92. The molecule has 136 valence electrons. The molecule has 4 nitrogen and oxygen atoms in total. The van der Waals surface area contributed by atoms with Crippen molar-refractivity contribution >= 4 is 27.4 Å². The molecular weight excluding hydrogens is 342 g/mol. The van der Waals surface area contributed by atoms with Crippen molar-refractivity contribution in [1.29, 1.82) is 0 Å². The van der Waals surface area contributed by atoms with Gasteiger partial charge in [-0.3, -0.25) is 0 Å². The first-order valence-electron chi connectivity index (χ1n) is 9.34. The number of aliphatic hydroxyl groups is 1. The molecule has 2 aromatic heterocycles. The van der Waals surface area contributed by atoms with Gasteiger partial charge in [-0.25, -0.2) is 9.97 Å². The van der Waals surface area contributed by atoms with Gasteiger partial charge in [0.2, 0.25) is 0 Å². The Labute approximate surface area is 158 Å². The molecule has 1 aliphatic rings. The lowest BCUT2D eigenvalue weighted by molar-refractivity contribution is 0.301. The molecule has 5 heteroatoms. The minimum atomic E-state index is 0.112. The third-order valence-corrected chi connectivity index (χ3v) is 6.28. The molecule has 0 fully saturated rings. The number of aryl methyl sites for hydroxylation is 2. The normalized spacial score (nSPS) is 16.7. The number of fused-ring (bicyclic) bond motifs is 3. The van der Waals surface area contributed by atoms with E-state index >= 15 is 0 Å². The molecule has 0 bridgehead atoms. The van der Waals surface area contributed by atoms with Crippen LogP contribution in [-0.2, 0) is 19.4 Å². The minimum absolute atomic E-state index is 0.112. The maximum atomic E-state index is 9.66. The molecule has 0 aliphatic heterocycles. The summed E-state index contributed by atoms with van der Waals surface area (Å²) in [6, 6.07) is 10.4. The van der Waals surface area contributed by atoms with Crippen LogP contribution in [-0.4, -0.2) is 28.2 Å². The van der Waals surface area contributed by atoms with E-state index in [1.54, 1.807) is 0 Å². The average Bonchev–Trinajstić information content (AvgIpc) is 2.98. The molecule has 1 atom stereocenters. The van der Waals surface area contributed by atoms with Crippen LogP contribution in [0.15, 0.2) is 30.3 Å². The molecule has 0 amide bonds. The van der Waals surface area contributed by atoms with Gasteiger partial charge in [-0.15, -0.1) is 11.3 Å². The van der Waals surface area contributed by atoms with E-state index in [-0.39, 0.29) is 6.61 Å². The molecule has 26 heavy (non-hydrogen) atoms. The van der Waals surface area contributed by atoms with Crippen molar-refractivity contribution in [2.24, 2.45) is 5.92 Å². The van der Waals surface area contributed by atoms with Gasteiger partial charge in [0.25, 0.3) is 0 Å². The first kappa shape index (κ1) is 17.4. The monoisotopic (exact) mass is 367 g/mol. The molecule has 1 aliphatic carbocycles. The van der Waals surface area contributed by atoms with E-state index in [0.717, 1.165) is 41.8 Å². The Morgan fingerprint density at radius 2 is 2.04 bits per heavy atom. The number of aromatic nitrogens is 2. The average molecular weight is 368 g/mol. The van der Waals surface area contributed by atoms with Crippen molar-refractivity contribution in [3.8, 4) is 0 Å². The fourth-order valence-electron chi connectivity index (χ4n) is 3.84. The molecule has 0 saturated heterocycles. The van der Waals surface area contributed by atoms with Crippen LogP contribution in [0.4, 0.5) is 5.82 Å². The first-order chi connectivity index (χ1) is 12.7. The smallest absolute Gasteiger partial charge is 0.141 e. The summed E-state index contributed by atoms with van der Waals surface area (Å²) in [4.78, 5) is 14.3. The number of anilines is 1.